The van der Waals surface area contributed by atoms with Crippen molar-refractivity contribution < 1.29 is 4.52 Å². The zero-order valence-corrected chi connectivity index (χ0v) is 14.1. The van der Waals surface area contributed by atoms with Gasteiger partial charge in [0.05, 0.1) is 11.1 Å². The average Bonchev–Trinajstić information content (AvgIpc) is 3.09. The summed E-state index contributed by atoms with van der Waals surface area (Å²) in [4.78, 5) is 10.3. The molecule has 0 aromatic carbocycles. The number of nitrogens with zero attached hydrogens (tertiary/aromatic N) is 3. The minimum Gasteiger partial charge on any atom is -0.367 e. The van der Waals surface area contributed by atoms with Crippen LogP contribution in [0.3, 0.4) is 0 Å². The van der Waals surface area contributed by atoms with E-state index >= 15 is 0 Å². The molecule has 0 saturated heterocycles. The lowest BCUT2D eigenvalue weighted by Crippen LogP contribution is -2.20. The minimum atomic E-state index is 0.236. The van der Waals surface area contributed by atoms with Crippen molar-refractivity contribution in [3.8, 4) is 0 Å². The van der Waals surface area contributed by atoms with E-state index in [1.807, 2.05) is 13.8 Å². The van der Waals surface area contributed by atoms with Crippen molar-refractivity contribution >= 4 is 27.4 Å². The number of hydrogen-bond donors (Lipinski definition) is 1. The second-order valence-electron chi connectivity index (χ2n) is 5.53. The highest BCUT2D eigenvalue weighted by atomic mass is 32.1. The van der Waals surface area contributed by atoms with E-state index in [1.165, 1.54) is 5.56 Å². The normalized spacial score (nSPS) is 12.7. The van der Waals surface area contributed by atoms with Crippen LogP contribution in [0.2, 0.25) is 0 Å². The predicted molar refractivity (Wildman–Crippen MR) is 89.6 cm³/mol. The van der Waals surface area contributed by atoms with Crippen molar-refractivity contribution in [2.24, 2.45) is 0 Å². The number of fused-ring (bicyclic) bond motifs is 1. The molecule has 0 aliphatic carbocycles. The van der Waals surface area contributed by atoms with E-state index in [1.54, 1.807) is 11.3 Å². The summed E-state index contributed by atoms with van der Waals surface area (Å²) in [6, 6.07) is 2.31. The lowest BCUT2D eigenvalue weighted by Gasteiger charge is -2.15. The molecular formula is C16H20N4OS. The third-order valence-corrected chi connectivity index (χ3v) is 4.57. The van der Waals surface area contributed by atoms with Gasteiger partial charge in [-0.3, -0.25) is 0 Å². The summed E-state index contributed by atoms with van der Waals surface area (Å²) in [5, 5.41) is 10.7. The predicted octanol–water partition coefficient (Wildman–Crippen LogP) is 3.90. The fourth-order valence-electron chi connectivity index (χ4n) is 2.55. The van der Waals surface area contributed by atoms with Gasteiger partial charge in [0.25, 0.3) is 0 Å². The van der Waals surface area contributed by atoms with E-state index in [0.29, 0.717) is 0 Å². The van der Waals surface area contributed by atoms with Crippen LogP contribution < -0.4 is 5.32 Å². The van der Waals surface area contributed by atoms with Gasteiger partial charge in [-0.25, -0.2) is 9.97 Å². The van der Waals surface area contributed by atoms with Crippen molar-refractivity contribution in [3.05, 3.63) is 34.3 Å². The van der Waals surface area contributed by atoms with Crippen LogP contribution in [0.4, 0.5) is 5.82 Å². The Bertz CT molecular complexity index is 773. The lowest BCUT2D eigenvalue weighted by molar-refractivity contribution is 0.392. The van der Waals surface area contributed by atoms with E-state index in [2.05, 4.69) is 45.7 Å². The van der Waals surface area contributed by atoms with Gasteiger partial charge in [0, 0.05) is 18.0 Å². The second kappa shape index (κ2) is 6.04. The van der Waals surface area contributed by atoms with Gasteiger partial charge < -0.3 is 9.84 Å². The Balaban J connectivity index is 1.84. The van der Waals surface area contributed by atoms with Crippen LogP contribution in [0, 0.1) is 13.8 Å². The maximum Gasteiger partial charge on any atom is 0.138 e. The number of thiophene rings is 1. The Labute approximate surface area is 133 Å². The first-order valence-electron chi connectivity index (χ1n) is 7.51. The number of anilines is 1. The van der Waals surface area contributed by atoms with Gasteiger partial charge in [-0.2, -0.15) is 0 Å². The van der Waals surface area contributed by atoms with Gasteiger partial charge in [0.1, 0.15) is 22.2 Å². The molecule has 22 heavy (non-hydrogen) atoms. The largest absolute Gasteiger partial charge is 0.367 e. The molecule has 116 valence electrons. The maximum atomic E-state index is 5.24. The first-order chi connectivity index (χ1) is 10.6. The van der Waals surface area contributed by atoms with E-state index in [9.17, 15) is 0 Å². The Morgan fingerprint density at radius 3 is 2.82 bits per heavy atom. The van der Waals surface area contributed by atoms with Crippen LogP contribution in [0.5, 0.6) is 0 Å². The zero-order valence-electron chi connectivity index (χ0n) is 13.3. The quantitative estimate of drug-likeness (QED) is 0.773. The molecule has 3 rings (SSSR count). The minimum absolute atomic E-state index is 0.236. The Kier molecular flexibility index (Phi) is 4.11. The van der Waals surface area contributed by atoms with Crippen molar-refractivity contribution in [2.45, 2.75) is 46.6 Å². The van der Waals surface area contributed by atoms with Gasteiger partial charge in [0.2, 0.25) is 0 Å². The first kappa shape index (κ1) is 15.0. The Hall–Kier alpha value is -1.95. The molecule has 0 spiro atoms. The van der Waals surface area contributed by atoms with Crippen LogP contribution in [0.25, 0.3) is 10.2 Å². The molecule has 3 aromatic rings. The first-order valence-corrected chi connectivity index (χ1v) is 8.38. The van der Waals surface area contributed by atoms with Crippen LogP contribution in [0.1, 0.15) is 36.7 Å². The fraction of sp³-hybridized carbons (Fsp3) is 0.438. The smallest absolute Gasteiger partial charge is 0.138 e. The molecule has 3 heterocycles. The van der Waals surface area contributed by atoms with Gasteiger partial charge in [-0.05, 0) is 38.6 Å². The summed E-state index contributed by atoms with van der Waals surface area (Å²) < 4.78 is 5.24. The molecule has 1 N–H and O–H groups in total. The van der Waals surface area contributed by atoms with Crippen molar-refractivity contribution in [3.63, 3.8) is 0 Å². The highest BCUT2D eigenvalue weighted by Gasteiger charge is 2.15. The molecule has 0 aliphatic heterocycles. The molecule has 0 aliphatic rings. The number of aromatic nitrogens is 3. The van der Waals surface area contributed by atoms with Gasteiger partial charge in [-0.1, -0.05) is 12.1 Å². The molecule has 0 amide bonds. The number of aryl methyl sites for hydroxylation is 3. The van der Waals surface area contributed by atoms with Gasteiger partial charge in [-0.15, -0.1) is 11.3 Å². The molecule has 0 fully saturated rings. The van der Waals surface area contributed by atoms with E-state index in [0.717, 1.165) is 46.2 Å². The van der Waals surface area contributed by atoms with Gasteiger partial charge >= 0.3 is 0 Å². The topological polar surface area (TPSA) is 63.8 Å². The number of nitrogens with one attached hydrogen (secondary N) is 1. The number of hydrogen-bond acceptors (Lipinski definition) is 6. The molecule has 6 heteroatoms. The van der Waals surface area contributed by atoms with Crippen molar-refractivity contribution in [2.75, 3.05) is 5.32 Å². The van der Waals surface area contributed by atoms with Crippen LogP contribution in [-0.2, 0) is 12.8 Å². The summed E-state index contributed by atoms with van der Waals surface area (Å²) in [7, 11) is 0. The summed E-state index contributed by atoms with van der Waals surface area (Å²) in [5.41, 5.74) is 2.13. The van der Waals surface area contributed by atoms with Crippen molar-refractivity contribution in [1.82, 2.24) is 15.1 Å². The highest BCUT2D eigenvalue weighted by molar-refractivity contribution is 7.16. The maximum absolute atomic E-state index is 5.24. The highest BCUT2D eigenvalue weighted by Crippen LogP contribution is 2.26. The number of rotatable bonds is 5. The summed E-state index contributed by atoms with van der Waals surface area (Å²) >= 11 is 1.65. The molecule has 0 radical (unpaired) electrons. The third-order valence-electron chi connectivity index (χ3n) is 3.76. The third kappa shape index (κ3) is 2.83. The van der Waals surface area contributed by atoms with Crippen molar-refractivity contribution in [1.29, 1.82) is 0 Å². The van der Waals surface area contributed by atoms with Gasteiger partial charge in [0.15, 0.2) is 0 Å². The van der Waals surface area contributed by atoms with E-state index < -0.39 is 0 Å². The average molecular weight is 316 g/mol. The van der Waals surface area contributed by atoms with E-state index in [-0.39, 0.29) is 6.04 Å². The molecule has 0 saturated carbocycles. The summed E-state index contributed by atoms with van der Waals surface area (Å²) in [6.07, 6.45) is 1.69. The standard InChI is InChI=1S/C16H20N4OS/c1-5-14-18-15(12-6-7-22-16(12)19-14)17-9(2)8-13-10(3)20-21-11(13)4/h6-7,9H,5,8H2,1-4H3,(H,17,18,19). The molecule has 3 aromatic heterocycles. The zero-order chi connectivity index (χ0) is 15.7. The van der Waals surface area contributed by atoms with E-state index in [4.69, 9.17) is 4.52 Å². The molecule has 1 unspecified atom stereocenters. The molecule has 0 bridgehead atoms. The molecule has 1 atom stereocenters. The Morgan fingerprint density at radius 1 is 1.32 bits per heavy atom. The fourth-order valence-corrected chi connectivity index (χ4v) is 3.33. The summed E-state index contributed by atoms with van der Waals surface area (Å²) in [5.74, 6) is 2.69. The monoisotopic (exact) mass is 316 g/mol. The Morgan fingerprint density at radius 2 is 2.14 bits per heavy atom. The molecule has 5 nitrogen and oxygen atoms in total. The van der Waals surface area contributed by atoms with Crippen LogP contribution >= 0.6 is 11.3 Å². The second-order valence-corrected chi connectivity index (χ2v) is 6.43. The lowest BCUT2D eigenvalue weighted by atomic mass is 10.1. The van der Waals surface area contributed by atoms with Crippen LogP contribution in [-0.4, -0.2) is 21.2 Å². The van der Waals surface area contributed by atoms with Crippen LogP contribution in [0.15, 0.2) is 16.0 Å². The SMILES string of the molecule is CCc1nc(NC(C)Cc2c(C)noc2C)c2ccsc2n1. The summed E-state index contributed by atoms with van der Waals surface area (Å²) in [6.45, 7) is 8.16. The molecular weight excluding hydrogens is 296 g/mol.